The summed E-state index contributed by atoms with van der Waals surface area (Å²) in [5.41, 5.74) is 0. The van der Waals surface area contributed by atoms with E-state index in [9.17, 15) is 14.7 Å². The molecule has 0 aliphatic carbocycles. The van der Waals surface area contributed by atoms with Crippen LogP contribution in [-0.4, -0.2) is 36.4 Å². The van der Waals surface area contributed by atoms with Gasteiger partial charge in [-0.3, -0.25) is 9.59 Å². The van der Waals surface area contributed by atoms with E-state index in [1.54, 1.807) is 0 Å². The van der Waals surface area contributed by atoms with E-state index in [0.29, 0.717) is 12.8 Å². The molecule has 38 heavy (non-hydrogen) atoms. The maximum absolute atomic E-state index is 12.0. The van der Waals surface area contributed by atoms with Crippen molar-refractivity contribution < 1.29 is 24.2 Å². The van der Waals surface area contributed by atoms with E-state index in [-0.39, 0.29) is 25.2 Å². The van der Waals surface area contributed by atoms with Crippen molar-refractivity contribution in [3.63, 3.8) is 0 Å². The quantitative estimate of drug-likeness (QED) is 0.0790. The van der Waals surface area contributed by atoms with Crippen LogP contribution >= 0.6 is 0 Å². The lowest BCUT2D eigenvalue weighted by atomic mass is 10.0. The Morgan fingerprint density at radius 2 is 0.868 bits per heavy atom. The van der Waals surface area contributed by atoms with Crippen molar-refractivity contribution in [3.05, 3.63) is 0 Å². The summed E-state index contributed by atoms with van der Waals surface area (Å²) in [6.45, 7) is 8.75. The van der Waals surface area contributed by atoms with Gasteiger partial charge in [0.15, 0.2) is 6.10 Å². The minimum absolute atomic E-state index is 0.0606. The molecule has 0 saturated carbocycles. The Morgan fingerprint density at radius 1 is 0.526 bits per heavy atom. The molecule has 0 saturated heterocycles. The molecule has 0 bridgehead atoms. The molecule has 0 unspecified atom stereocenters. The van der Waals surface area contributed by atoms with Crippen LogP contribution < -0.4 is 0 Å². The Bertz CT molecular complexity index is 531. The molecular weight excluding hydrogens is 476 g/mol. The van der Waals surface area contributed by atoms with Crippen molar-refractivity contribution in [1.82, 2.24) is 0 Å². The van der Waals surface area contributed by atoms with E-state index < -0.39 is 6.10 Å². The zero-order chi connectivity index (χ0) is 28.3. The predicted molar refractivity (Wildman–Crippen MR) is 159 cm³/mol. The molecule has 1 N–H and O–H groups in total. The summed E-state index contributed by atoms with van der Waals surface area (Å²) >= 11 is 0. The van der Waals surface area contributed by atoms with Crippen molar-refractivity contribution in [3.8, 4) is 0 Å². The third kappa shape index (κ3) is 27.9. The number of carbonyl (C=O) groups is 2. The Kier molecular flexibility index (Phi) is 26.7. The highest BCUT2D eigenvalue weighted by Crippen LogP contribution is 2.15. The van der Waals surface area contributed by atoms with Crippen LogP contribution in [-0.2, 0) is 19.1 Å². The molecule has 226 valence electrons. The van der Waals surface area contributed by atoms with Gasteiger partial charge in [-0.25, -0.2) is 0 Å². The molecule has 5 nitrogen and oxygen atoms in total. The number of aliphatic hydroxyl groups excluding tert-OH is 1. The molecule has 0 fully saturated rings. The number of ether oxygens (including phenoxy) is 2. The molecule has 0 aromatic carbocycles. The monoisotopic (exact) mass is 540 g/mol. The zero-order valence-electron chi connectivity index (χ0n) is 25.8. The van der Waals surface area contributed by atoms with Gasteiger partial charge in [0.1, 0.15) is 6.61 Å². The van der Waals surface area contributed by atoms with Gasteiger partial charge in [0, 0.05) is 12.8 Å². The summed E-state index contributed by atoms with van der Waals surface area (Å²) in [7, 11) is 0. The second kappa shape index (κ2) is 27.5. The van der Waals surface area contributed by atoms with Gasteiger partial charge in [-0.05, 0) is 24.7 Å². The lowest BCUT2D eigenvalue weighted by Crippen LogP contribution is -2.28. The molecule has 0 heterocycles. The molecule has 0 aliphatic rings. The van der Waals surface area contributed by atoms with Crippen LogP contribution in [0.1, 0.15) is 169 Å². The van der Waals surface area contributed by atoms with Crippen molar-refractivity contribution in [2.75, 3.05) is 13.2 Å². The maximum atomic E-state index is 12.0. The number of aliphatic hydroxyl groups is 1. The average Bonchev–Trinajstić information content (AvgIpc) is 2.87. The van der Waals surface area contributed by atoms with Gasteiger partial charge in [-0.2, -0.15) is 0 Å². The summed E-state index contributed by atoms with van der Waals surface area (Å²) in [6.07, 6.45) is 24.5. The summed E-state index contributed by atoms with van der Waals surface area (Å²) in [6, 6.07) is 0. The van der Waals surface area contributed by atoms with Gasteiger partial charge < -0.3 is 14.6 Å². The molecule has 5 heteroatoms. The summed E-state index contributed by atoms with van der Waals surface area (Å²) < 4.78 is 10.5. The first kappa shape index (κ1) is 36.9. The Morgan fingerprint density at radius 3 is 1.24 bits per heavy atom. The number of rotatable bonds is 28. The normalized spacial score (nSPS) is 12.3. The number of carbonyl (C=O) groups excluding carboxylic acids is 2. The number of hydrogen-bond acceptors (Lipinski definition) is 5. The Labute approximate surface area is 236 Å². The van der Waals surface area contributed by atoms with E-state index in [2.05, 4.69) is 27.7 Å². The van der Waals surface area contributed by atoms with Crippen LogP contribution in [0, 0.1) is 11.8 Å². The molecule has 0 rings (SSSR count). The van der Waals surface area contributed by atoms with Crippen molar-refractivity contribution in [2.45, 2.75) is 175 Å². The van der Waals surface area contributed by atoms with E-state index >= 15 is 0 Å². The van der Waals surface area contributed by atoms with Gasteiger partial charge in [-0.1, -0.05) is 143 Å². The maximum Gasteiger partial charge on any atom is 0.306 e. The first-order valence-corrected chi connectivity index (χ1v) is 16.3. The lowest BCUT2D eigenvalue weighted by molar-refractivity contribution is -0.161. The lowest BCUT2D eigenvalue weighted by Gasteiger charge is -2.15. The summed E-state index contributed by atoms with van der Waals surface area (Å²) in [5.74, 6) is 1.04. The third-order valence-corrected chi connectivity index (χ3v) is 7.26. The highest BCUT2D eigenvalue weighted by molar-refractivity contribution is 5.70. The molecule has 0 aromatic heterocycles. The van der Waals surface area contributed by atoms with Gasteiger partial charge >= 0.3 is 11.9 Å². The number of unbranched alkanes of at least 4 members (excludes halogenated alkanes) is 16. The molecular formula is C33H64O5. The fourth-order valence-electron chi connectivity index (χ4n) is 4.75. The van der Waals surface area contributed by atoms with Gasteiger partial charge in [0.25, 0.3) is 0 Å². The predicted octanol–water partition coefficient (Wildman–Crippen LogP) is 9.33. The van der Waals surface area contributed by atoms with E-state index in [1.807, 2.05) is 0 Å². The molecule has 0 amide bonds. The Hall–Kier alpha value is -1.10. The molecule has 1 atom stereocenters. The molecule has 0 spiro atoms. The highest BCUT2D eigenvalue weighted by atomic mass is 16.6. The fourth-order valence-corrected chi connectivity index (χ4v) is 4.75. The van der Waals surface area contributed by atoms with Crippen LogP contribution in [0.4, 0.5) is 0 Å². The molecule has 0 aliphatic heterocycles. The SMILES string of the molecule is CC(C)CCCCCCCCCCCCCC(=O)OC[C@H](CO)OC(=O)CCCCCCCCCC(C)C. The second-order valence-electron chi connectivity index (χ2n) is 12.2. The van der Waals surface area contributed by atoms with Crippen LogP contribution in [0.15, 0.2) is 0 Å². The fraction of sp³-hybridized carbons (Fsp3) is 0.939. The van der Waals surface area contributed by atoms with Crippen molar-refractivity contribution in [2.24, 2.45) is 11.8 Å². The zero-order valence-corrected chi connectivity index (χ0v) is 25.8. The van der Waals surface area contributed by atoms with Crippen molar-refractivity contribution >= 4 is 11.9 Å². The molecule has 0 radical (unpaired) electrons. The first-order valence-electron chi connectivity index (χ1n) is 16.3. The highest BCUT2D eigenvalue weighted by Gasteiger charge is 2.16. The van der Waals surface area contributed by atoms with Gasteiger partial charge in [0.05, 0.1) is 6.61 Å². The summed E-state index contributed by atoms with van der Waals surface area (Å²) in [5, 5.41) is 9.47. The first-order chi connectivity index (χ1) is 18.3. The number of hydrogen-bond donors (Lipinski definition) is 1. The number of esters is 2. The van der Waals surface area contributed by atoms with Crippen molar-refractivity contribution in [1.29, 1.82) is 0 Å². The smallest absolute Gasteiger partial charge is 0.306 e. The third-order valence-electron chi connectivity index (χ3n) is 7.26. The van der Waals surface area contributed by atoms with Crippen LogP contribution in [0.25, 0.3) is 0 Å². The Balaban J connectivity index is 3.56. The minimum Gasteiger partial charge on any atom is -0.462 e. The second-order valence-corrected chi connectivity index (χ2v) is 12.2. The average molecular weight is 541 g/mol. The standard InChI is InChI=1S/C33H64O5/c1-29(2)23-19-15-11-8-6-5-7-9-13-17-21-25-32(35)37-28-31(27-34)38-33(36)26-22-18-14-10-12-16-20-24-30(3)4/h29-31,34H,5-28H2,1-4H3/t31-/m0/s1. The van der Waals surface area contributed by atoms with E-state index in [1.165, 1.54) is 89.9 Å². The largest absolute Gasteiger partial charge is 0.462 e. The van der Waals surface area contributed by atoms with E-state index in [4.69, 9.17) is 9.47 Å². The van der Waals surface area contributed by atoms with Crippen LogP contribution in [0.2, 0.25) is 0 Å². The van der Waals surface area contributed by atoms with E-state index in [0.717, 1.165) is 50.4 Å². The van der Waals surface area contributed by atoms with Crippen LogP contribution in [0.3, 0.4) is 0 Å². The van der Waals surface area contributed by atoms with Gasteiger partial charge in [-0.15, -0.1) is 0 Å². The topological polar surface area (TPSA) is 72.8 Å². The summed E-state index contributed by atoms with van der Waals surface area (Å²) in [4.78, 5) is 24.0. The molecule has 0 aromatic rings. The van der Waals surface area contributed by atoms with Crippen LogP contribution in [0.5, 0.6) is 0 Å². The van der Waals surface area contributed by atoms with Gasteiger partial charge in [0.2, 0.25) is 0 Å². The minimum atomic E-state index is -0.761.